The van der Waals surface area contributed by atoms with E-state index in [9.17, 15) is 0 Å². The Hall–Kier alpha value is -1.30. The summed E-state index contributed by atoms with van der Waals surface area (Å²) in [6.45, 7) is 2.74. The molecule has 0 spiro atoms. The molecule has 2 N–H and O–H groups in total. The van der Waals surface area contributed by atoms with Gasteiger partial charge in [-0.15, -0.1) is 6.42 Å². The van der Waals surface area contributed by atoms with E-state index >= 15 is 0 Å². The Bertz CT molecular complexity index is 389. The first-order valence-electron chi connectivity index (χ1n) is 6.73. The second-order valence-electron chi connectivity index (χ2n) is 5.29. The van der Waals surface area contributed by atoms with E-state index < -0.39 is 0 Å². The fourth-order valence-corrected chi connectivity index (χ4v) is 2.31. The van der Waals surface area contributed by atoms with E-state index in [-0.39, 0.29) is 6.04 Å². The van der Waals surface area contributed by atoms with Crippen molar-refractivity contribution in [3.8, 4) is 12.3 Å². The maximum absolute atomic E-state index is 6.22. The second-order valence-corrected chi connectivity index (χ2v) is 5.29. The summed E-state index contributed by atoms with van der Waals surface area (Å²) in [5.74, 6) is 3.60. The van der Waals surface area contributed by atoms with Gasteiger partial charge in [0.15, 0.2) is 0 Å². The molecule has 18 heavy (non-hydrogen) atoms. The highest BCUT2D eigenvalue weighted by atomic mass is 15.1. The van der Waals surface area contributed by atoms with Gasteiger partial charge in [-0.05, 0) is 30.7 Å². The molecule has 1 aliphatic carbocycles. The van der Waals surface area contributed by atoms with Gasteiger partial charge >= 0.3 is 0 Å². The number of hydrogen-bond acceptors (Lipinski definition) is 2. The van der Waals surface area contributed by atoms with Crippen LogP contribution in [-0.4, -0.2) is 30.6 Å². The lowest BCUT2D eigenvalue weighted by atomic mass is 10.1. The third-order valence-corrected chi connectivity index (χ3v) is 3.36. The number of rotatable bonds is 7. The molecule has 1 fully saturated rings. The standard InChI is InChI=1S/C16H22N2/c1-2-10-18(12-15-8-9-15)13-16(17)11-14-6-4-3-5-7-14/h1,3-7,15-16H,8-13,17H2. The fraction of sp³-hybridized carbons (Fsp3) is 0.500. The zero-order chi connectivity index (χ0) is 12.8. The lowest BCUT2D eigenvalue weighted by molar-refractivity contribution is 0.274. The summed E-state index contributed by atoms with van der Waals surface area (Å²) in [5, 5.41) is 0. The molecule has 1 saturated carbocycles. The first-order chi connectivity index (χ1) is 8.78. The molecule has 0 heterocycles. The van der Waals surface area contributed by atoms with E-state index in [1.807, 2.05) is 6.07 Å². The zero-order valence-electron chi connectivity index (χ0n) is 10.9. The molecule has 0 saturated heterocycles. The van der Waals surface area contributed by atoms with Crippen molar-refractivity contribution < 1.29 is 0 Å². The minimum absolute atomic E-state index is 0.166. The predicted molar refractivity (Wildman–Crippen MR) is 76.1 cm³/mol. The average molecular weight is 242 g/mol. The number of hydrogen-bond donors (Lipinski definition) is 1. The number of terminal acetylenes is 1. The molecule has 1 atom stereocenters. The lowest BCUT2D eigenvalue weighted by Gasteiger charge is -2.23. The second kappa shape index (κ2) is 6.58. The van der Waals surface area contributed by atoms with Crippen LogP contribution in [0, 0.1) is 18.3 Å². The van der Waals surface area contributed by atoms with Crippen LogP contribution >= 0.6 is 0 Å². The Morgan fingerprint density at radius 1 is 1.33 bits per heavy atom. The van der Waals surface area contributed by atoms with Crippen LogP contribution in [0.15, 0.2) is 30.3 Å². The van der Waals surface area contributed by atoms with Crippen molar-refractivity contribution in [1.82, 2.24) is 4.90 Å². The van der Waals surface area contributed by atoms with E-state index in [1.165, 1.54) is 18.4 Å². The van der Waals surface area contributed by atoms with Gasteiger partial charge in [-0.25, -0.2) is 0 Å². The van der Waals surface area contributed by atoms with Crippen LogP contribution < -0.4 is 5.73 Å². The molecule has 96 valence electrons. The molecule has 0 aromatic heterocycles. The maximum Gasteiger partial charge on any atom is 0.0599 e. The molecule has 1 aliphatic rings. The molecule has 2 rings (SSSR count). The number of nitrogens with zero attached hydrogens (tertiary/aromatic N) is 1. The van der Waals surface area contributed by atoms with Crippen molar-refractivity contribution in [1.29, 1.82) is 0 Å². The van der Waals surface area contributed by atoms with Crippen molar-refractivity contribution in [2.24, 2.45) is 11.7 Å². The molecule has 2 heteroatoms. The molecule has 1 aromatic carbocycles. The highest BCUT2D eigenvalue weighted by molar-refractivity contribution is 5.15. The van der Waals surface area contributed by atoms with Crippen molar-refractivity contribution in [3.63, 3.8) is 0 Å². The lowest BCUT2D eigenvalue weighted by Crippen LogP contribution is -2.40. The molecule has 0 radical (unpaired) electrons. The van der Waals surface area contributed by atoms with E-state index in [0.29, 0.717) is 0 Å². The van der Waals surface area contributed by atoms with E-state index in [0.717, 1.165) is 32.0 Å². The SMILES string of the molecule is C#CCN(CC(N)Cc1ccccc1)CC1CC1. The molecule has 0 amide bonds. The topological polar surface area (TPSA) is 29.3 Å². The molecular formula is C16H22N2. The normalized spacial score (nSPS) is 16.5. The van der Waals surface area contributed by atoms with Gasteiger partial charge in [0.25, 0.3) is 0 Å². The van der Waals surface area contributed by atoms with Gasteiger partial charge in [0, 0.05) is 19.1 Å². The molecular weight excluding hydrogens is 220 g/mol. The first kappa shape index (κ1) is 13.1. The van der Waals surface area contributed by atoms with Crippen LogP contribution in [0.3, 0.4) is 0 Å². The quantitative estimate of drug-likeness (QED) is 0.740. The Labute approximate surface area is 110 Å². The smallest absolute Gasteiger partial charge is 0.0599 e. The summed E-state index contributed by atoms with van der Waals surface area (Å²) in [6, 6.07) is 10.6. The van der Waals surface area contributed by atoms with Crippen molar-refractivity contribution in [2.45, 2.75) is 25.3 Å². The molecule has 1 aromatic rings. The fourth-order valence-electron chi connectivity index (χ4n) is 2.31. The van der Waals surface area contributed by atoms with Gasteiger partial charge in [-0.3, -0.25) is 4.90 Å². The first-order valence-corrected chi connectivity index (χ1v) is 6.73. The average Bonchev–Trinajstić information content (AvgIpc) is 3.14. The van der Waals surface area contributed by atoms with Crippen molar-refractivity contribution in [3.05, 3.63) is 35.9 Å². The third kappa shape index (κ3) is 4.52. The predicted octanol–water partition coefficient (Wildman–Crippen LogP) is 1.90. The molecule has 0 bridgehead atoms. The van der Waals surface area contributed by atoms with Gasteiger partial charge < -0.3 is 5.73 Å². The Balaban J connectivity index is 1.80. The summed E-state index contributed by atoms with van der Waals surface area (Å²) in [4.78, 5) is 2.32. The number of benzene rings is 1. The maximum atomic E-state index is 6.22. The summed E-state index contributed by atoms with van der Waals surface area (Å²) >= 11 is 0. The van der Waals surface area contributed by atoms with Crippen molar-refractivity contribution in [2.75, 3.05) is 19.6 Å². The van der Waals surface area contributed by atoms with Gasteiger partial charge in [-0.1, -0.05) is 36.3 Å². The molecule has 0 aliphatic heterocycles. The van der Waals surface area contributed by atoms with Crippen LogP contribution in [0.25, 0.3) is 0 Å². The van der Waals surface area contributed by atoms with Gasteiger partial charge in [0.1, 0.15) is 0 Å². The third-order valence-electron chi connectivity index (χ3n) is 3.36. The summed E-state index contributed by atoms with van der Waals surface area (Å²) in [6.07, 6.45) is 9.06. The van der Waals surface area contributed by atoms with Crippen LogP contribution in [-0.2, 0) is 6.42 Å². The van der Waals surface area contributed by atoms with Gasteiger partial charge in [-0.2, -0.15) is 0 Å². The highest BCUT2D eigenvalue weighted by Gasteiger charge is 2.24. The van der Waals surface area contributed by atoms with E-state index in [4.69, 9.17) is 12.2 Å². The van der Waals surface area contributed by atoms with Crippen LogP contribution in [0.2, 0.25) is 0 Å². The Morgan fingerprint density at radius 2 is 2.06 bits per heavy atom. The van der Waals surface area contributed by atoms with E-state index in [1.54, 1.807) is 0 Å². The van der Waals surface area contributed by atoms with Gasteiger partial charge in [0.05, 0.1) is 6.54 Å². The van der Waals surface area contributed by atoms with Crippen LogP contribution in [0.5, 0.6) is 0 Å². The Morgan fingerprint density at radius 3 is 2.67 bits per heavy atom. The molecule has 1 unspecified atom stereocenters. The van der Waals surface area contributed by atoms with Crippen LogP contribution in [0.1, 0.15) is 18.4 Å². The monoisotopic (exact) mass is 242 g/mol. The van der Waals surface area contributed by atoms with E-state index in [2.05, 4.69) is 35.1 Å². The Kier molecular flexibility index (Phi) is 4.81. The van der Waals surface area contributed by atoms with Crippen molar-refractivity contribution >= 4 is 0 Å². The summed E-state index contributed by atoms with van der Waals surface area (Å²) in [7, 11) is 0. The summed E-state index contributed by atoms with van der Waals surface area (Å²) < 4.78 is 0. The zero-order valence-corrected chi connectivity index (χ0v) is 10.9. The van der Waals surface area contributed by atoms with Gasteiger partial charge in [0.2, 0.25) is 0 Å². The van der Waals surface area contributed by atoms with Crippen LogP contribution in [0.4, 0.5) is 0 Å². The minimum Gasteiger partial charge on any atom is -0.326 e. The molecule has 2 nitrogen and oxygen atoms in total. The summed E-state index contributed by atoms with van der Waals surface area (Å²) in [5.41, 5.74) is 7.53. The largest absolute Gasteiger partial charge is 0.326 e. The highest BCUT2D eigenvalue weighted by Crippen LogP contribution is 2.29. The minimum atomic E-state index is 0.166. The number of nitrogens with two attached hydrogens (primary N) is 1.